The predicted molar refractivity (Wildman–Crippen MR) is 78.4 cm³/mol. The number of aromatic nitrogens is 2. The van der Waals surface area contributed by atoms with Gasteiger partial charge in [0.05, 0.1) is 25.5 Å². The van der Waals surface area contributed by atoms with E-state index >= 15 is 0 Å². The fourth-order valence-electron chi connectivity index (χ4n) is 1.62. The van der Waals surface area contributed by atoms with Crippen LogP contribution in [0.2, 0.25) is 0 Å². The Balaban J connectivity index is 1.95. The SMILES string of the molecule is COc1cc(CN(C)C(=O)Nc2ccc(C(F)(F)F)nc2)sn1. The molecular weight excluding hydrogens is 333 g/mol. The van der Waals surface area contributed by atoms with Crippen LogP contribution < -0.4 is 10.1 Å². The minimum absolute atomic E-state index is 0.178. The average molecular weight is 346 g/mol. The molecule has 0 fully saturated rings. The molecule has 0 radical (unpaired) electrons. The molecule has 0 aliphatic heterocycles. The molecule has 10 heteroatoms. The first-order valence-electron chi connectivity index (χ1n) is 6.34. The highest BCUT2D eigenvalue weighted by molar-refractivity contribution is 7.05. The van der Waals surface area contributed by atoms with E-state index in [1.165, 1.54) is 23.5 Å². The highest BCUT2D eigenvalue weighted by Gasteiger charge is 2.32. The van der Waals surface area contributed by atoms with Gasteiger partial charge in [-0.3, -0.25) is 0 Å². The average Bonchev–Trinajstić information content (AvgIpc) is 2.94. The molecule has 2 heterocycles. The van der Waals surface area contributed by atoms with E-state index in [0.717, 1.165) is 23.2 Å². The number of carbonyl (C=O) groups is 1. The van der Waals surface area contributed by atoms with Gasteiger partial charge in [0.1, 0.15) is 5.69 Å². The van der Waals surface area contributed by atoms with Crippen LogP contribution >= 0.6 is 11.5 Å². The predicted octanol–water partition coefficient (Wildman–Crippen LogP) is 3.23. The number of ether oxygens (including phenoxy) is 1. The van der Waals surface area contributed by atoms with Crippen LogP contribution in [0.1, 0.15) is 10.6 Å². The van der Waals surface area contributed by atoms with Gasteiger partial charge in [0.25, 0.3) is 0 Å². The largest absolute Gasteiger partial charge is 0.480 e. The Labute approximate surface area is 134 Å². The summed E-state index contributed by atoms with van der Waals surface area (Å²) in [6.45, 7) is 0.293. The summed E-state index contributed by atoms with van der Waals surface area (Å²) in [6, 6.07) is 3.19. The minimum atomic E-state index is -4.51. The molecular formula is C13H13F3N4O2S. The highest BCUT2D eigenvalue weighted by Crippen LogP contribution is 2.27. The third-order valence-corrected chi connectivity index (χ3v) is 3.54. The third kappa shape index (κ3) is 4.55. The molecule has 0 saturated carbocycles. The van der Waals surface area contributed by atoms with Gasteiger partial charge in [-0.15, -0.1) is 0 Å². The number of hydrogen-bond donors (Lipinski definition) is 1. The summed E-state index contributed by atoms with van der Waals surface area (Å²) in [5, 5.41) is 2.47. The lowest BCUT2D eigenvalue weighted by Gasteiger charge is -2.17. The lowest BCUT2D eigenvalue weighted by Crippen LogP contribution is -2.30. The van der Waals surface area contributed by atoms with Crippen molar-refractivity contribution in [1.29, 1.82) is 0 Å². The van der Waals surface area contributed by atoms with E-state index in [-0.39, 0.29) is 5.69 Å². The van der Waals surface area contributed by atoms with Crippen LogP contribution in [-0.4, -0.2) is 34.4 Å². The van der Waals surface area contributed by atoms with Crippen molar-refractivity contribution in [3.05, 3.63) is 35.0 Å². The van der Waals surface area contributed by atoms with Crippen LogP contribution in [0.25, 0.3) is 0 Å². The van der Waals surface area contributed by atoms with Gasteiger partial charge in [0.15, 0.2) is 0 Å². The zero-order valence-corrected chi connectivity index (χ0v) is 13.0. The van der Waals surface area contributed by atoms with Gasteiger partial charge in [0, 0.05) is 18.0 Å². The Morgan fingerprint density at radius 3 is 2.70 bits per heavy atom. The summed E-state index contributed by atoms with van der Waals surface area (Å²) in [7, 11) is 3.05. The van der Waals surface area contributed by atoms with Crippen molar-refractivity contribution >= 4 is 23.3 Å². The summed E-state index contributed by atoms with van der Waals surface area (Å²) in [5.74, 6) is 0.464. The third-order valence-electron chi connectivity index (χ3n) is 2.79. The first-order chi connectivity index (χ1) is 10.8. The molecule has 0 spiro atoms. The maximum absolute atomic E-state index is 12.4. The van der Waals surface area contributed by atoms with E-state index in [1.54, 1.807) is 13.1 Å². The van der Waals surface area contributed by atoms with Gasteiger partial charge in [-0.1, -0.05) is 0 Å². The topological polar surface area (TPSA) is 67.3 Å². The monoisotopic (exact) mass is 346 g/mol. The molecule has 0 aliphatic carbocycles. The number of halogens is 3. The van der Waals surface area contributed by atoms with Gasteiger partial charge >= 0.3 is 12.2 Å². The van der Waals surface area contributed by atoms with Gasteiger partial charge < -0.3 is 15.0 Å². The highest BCUT2D eigenvalue weighted by atomic mass is 32.1. The van der Waals surface area contributed by atoms with E-state index in [9.17, 15) is 18.0 Å². The molecule has 0 aromatic carbocycles. The number of alkyl halides is 3. The zero-order valence-electron chi connectivity index (χ0n) is 12.2. The summed E-state index contributed by atoms with van der Waals surface area (Å²) >= 11 is 1.20. The molecule has 0 unspecified atom stereocenters. The van der Waals surface area contributed by atoms with Crippen LogP contribution in [0, 0.1) is 0 Å². The molecule has 2 amide bonds. The Morgan fingerprint density at radius 2 is 2.17 bits per heavy atom. The van der Waals surface area contributed by atoms with Crippen molar-refractivity contribution in [2.75, 3.05) is 19.5 Å². The normalized spacial score (nSPS) is 11.2. The fraction of sp³-hybridized carbons (Fsp3) is 0.308. The summed E-state index contributed by atoms with van der Waals surface area (Å²) in [4.78, 5) is 17.4. The molecule has 2 rings (SSSR count). The number of urea groups is 1. The van der Waals surface area contributed by atoms with Crippen LogP contribution in [0.5, 0.6) is 5.88 Å². The lowest BCUT2D eigenvalue weighted by molar-refractivity contribution is -0.141. The van der Waals surface area contributed by atoms with Crippen LogP contribution in [0.3, 0.4) is 0 Å². The number of nitrogens with one attached hydrogen (secondary N) is 1. The van der Waals surface area contributed by atoms with E-state index in [1.807, 2.05) is 0 Å². The van der Waals surface area contributed by atoms with Gasteiger partial charge in [-0.25, -0.2) is 9.78 Å². The van der Waals surface area contributed by atoms with Crippen molar-refractivity contribution in [3.63, 3.8) is 0 Å². The molecule has 1 N–H and O–H groups in total. The zero-order chi connectivity index (χ0) is 17.0. The number of methoxy groups -OCH3 is 1. The van der Waals surface area contributed by atoms with Crippen molar-refractivity contribution in [2.24, 2.45) is 0 Å². The van der Waals surface area contributed by atoms with Crippen molar-refractivity contribution in [3.8, 4) is 5.88 Å². The molecule has 0 saturated heterocycles. The summed E-state index contributed by atoms with van der Waals surface area (Å²) in [6.07, 6.45) is -3.55. The first kappa shape index (κ1) is 17.0. The molecule has 124 valence electrons. The second kappa shape index (κ2) is 6.82. The number of nitrogens with zero attached hydrogens (tertiary/aromatic N) is 3. The number of anilines is 1. The molecule has 2 aromatic heterocycles. The summed E-state index contributed by atoms with van der Waals surface area (Å²) in [5.41, 5.74) is -0.836. The van der Waals surface area contributed by atoms with Crippen molar-refractivity contribution in [2.45, 2.75) is 12.7 Å². The minimum Gasteiger partial charge on any atom is -0.480 e. The standard InChI is InChI=1S/C13H13F3N4O2S/c1-20(7-9-5-11(22-2)19-23-9)12(21)18-8-3-4-10(17-6-8)13(14,15)16/h3-6H,7H2,1-2H3,(H,18,21). The molecule has 6 nitrogen and oxygen atoms in total. The number of hydrogen-bond acceptors (Lipinski definition) is 5. The number of pyridine rings is 1. The maximum atomic E-state index is 12.4. The fourth-order valence-corrected chi connectivity index (χ4v) is 2.36. The van der Waals surface area contributed by atoms with Crippen molar-refractivity contribution in [1.82, 2.24) is 14.3 Å². The Hall–Kier alpha value is -2.36. The van der Waals surface area contributed by atoms with E-state index in [0.29, 0.717) is 12.4 Å². The first-order valence-corrected chi connectivity index (χ1v) is 7.12. The molecule has 0 bridgehead atoms. The molecule has 2 aromatic rings. The molecule has 23 heavy (non-hydrogen) atoms. The number of amides is 2. The Morgan fingerprint density at radius 1 is 1.43 bits per heavy atom. The Bertz CT molecular complexity index is 673. The molecule has 0 aliphatic rings. The summed E-state index contributed by atoms with van der Waals surface area (Å²) < 4.78 is 46.2. The van der Waals surface area contributed by atoms with Gasteiger partial charge in [-0.05, 0) is 23.7 Å². The Kier molecular flexibility index (Phi) is 5.04. The quantitative estimate of drug-likeness (QED) is 0.923. The molecule has 0 atom stereocenters. The van der Waals surface area contributed by atoms with Crippen LogP contribution in [0.4, 0.5) is 23.7 Å². The maximum Gasteiger partial charge on any atom is 0.433 e. The number of rotatable bonds is 4. The van der Waals surface area contributed by atoms with Gasteiger partial charge in [-0.2, -0.15) is 17.5 Å². The smallest absolute Gasteiger partial charge is 0.433 e. The van der Waals surface area contributed by atoms with Crippen molar-refractivity contribution < 1.29 is 22.7 Å². The van der Waals surface area contributed by atoms with E-state index < -0.39 is 17.9 Å². The number of carbonyl (C=O) groups excluding carboxylic acids is 1. The van der Waals surface area contributed by atoms with Gasteiger partial charge in [0.2, 0.25) is 5.88 Å². The van der Waals surface area contributed by atoms with E-state index in [4.69, 9.17) is 4.74 Å². The second-order valence-electron chi connectivity index (χ2n) is 4.55. The van der Waals surface area contributed by atoms with E-state index in [2.05, 4.69) is 14.7 Å². The lowest BCUT2D eigenvalue weighted by atomic mass is 10.3. The van der Waals surface area contributed by atoms with Crippen LogP contribution in [-0.2, 0) is 12.7 Å². The second-order valence-corrected chi connectivity index (χ2v) is 5.44. The van der Waals surface area contributed by atoms with Crippen LogP contribution in [0.15, 0.2) is 24.4 Å².